The van der Waals surface area contributed by atoms with Gasteiger partial charge < -0.3 is 14.7 Å². The Hall–Kier alpha value is -1.88. The summed E-state index contributed by atoms with van der Waals surface area (Å²) in [6, 6.07) is 7.88. The minimum atomic E-state index is -0.578. The third kappa shape index (κ3) is 1.69. The second-order valence-corrected chi connectivity index (χ2v) is 6.74. The number of likely N-dealkylation sites (N-methyl/N-ethyl adjacent to an activating group) is 2. The number of amides is 2. The maximum Gasteiger partial charge on any atom is 0.238 e. The van der Waals surface area contributed by atoms with Crippen LogP contribution in [0.4, 0.5) is 5.69 Å². The third-order valence-corrected chi connectivity index (χ3v) is 5.51. The number of carbonyl (C=O) groups is 2. The molecule has 0 aromatic heterocycles. The first-order valence-corrected chi connectivity index (χ1v) is 7.90. The SMILES string of the molecule is CN1CCN(C(=O)[C@H]2C[C@]23C(=O)N(C)c2ccccc23)CC1. The molecule has 22 heavy (non-hydrogen) atoms. The van der Waals surface area contributed by atoms with Crippen molar-refractivity contribution in [2.24, 2.45) is 5.92 Å². The molecule has 1 aliphatic carbocycles. The molecule has 2 aliphatic heterocycles. The van der Waals surface area contributed by atoms with E-state index >= 15 is 0 Å². The molecule has 0 radical (unpaired) electrons. The highest BCUT2D eigenvalue weighted by Gasteiger charge is 2.69. The number of anilines is 1. The average Bonchev–Trinajstić information content (AvgIpc) is 3.26. The van der Waals surface area contributed by atoms with Crippen LogP contribution < -0.4 is 4.90 Å². The second-order valence-electron chi connectivity index (χ2n) is 6.74. The van der Waals surface area contributed by atoms with E-state index in [4.69, 9.17) is 0 Å². The van der Waals surface area contributed by atoms with Crippen LogP contribution in [-0.4, -0.2) is 61.9 Å². The van der Waals surface area contributed by atoms with E-state index in [9.17, 15) is 9.59 Å². The van der Waals surface area contributed by atoms with Crippen LogP contribution in [0.25, 0.3) is 0 Å². The van der Waals surface area contributed by atoms with Crippen molar-refractivity contribution in [3.05, 3.63) is 29.8 Å². The summed E-state index contributed by atoms with van der Waals surface area (Å²) in [5, 5.41) is 0. The predicted molar refractivity (Wildman–Crippen MR) is 83.7 cm³/mol. The Kier molecular flexibility index (Phi) is 2.85. The summed E-state index contributed by atoms with van der Waals surface area (Å²) in [5.74, 6) is 0.0715. The summed E-state index contributed by atoms with van der Waals surface area (Å²) in [5.41, 5.74) is 1.42. The molecule has 3 aliphatic rings. The minimum Gasteiger partial charge on any atom is -0.340 e. The number of benzene rings is 1. The summed E-state index contributed by atoms with van der Waals surface area (Å²) in [7, 11) is 3.89. The number of nitrogens with zero attached hydrogens (tertiary/aromatic N) is 3. The molecule has 1 saturated heterocycles. The molecule has 116 valence electrons. The zero-order valence-electron chi connectivity index (χ0n) is 13.1. The van der Waals surface area contributed by atoms with Gasteiger partial charge in [0.15, 0.2) is 0 Å². The molecule has 2 atom stereocenters. The van der Waals surface area contributed by atoms with Crippen LogP contribution in [0.5, 0.6) is 0 Å². The topological polar surface area (TPSA) is 43.9 Å². The molecule has 1 spiro atoms. The van der Waals surface area contributed by atoms with Crippen LogP contribution in [0.3, 0.4) is 0 Å². The predicted octanol–water partition coefficient (Wildman–Crippen LogP) is 0.695. The van der Waals surface area contributed by atoms with Gasteiger partial charge in [0.2, 0.25) is 11.8 Å². The molecular formula is C17H21N3O2. The number of hydrogen-bond donors (Lipinski definition) is 0. The monoisotopic (exact) mass is 299 g/mol. The summed E-state index contributed by atoms with van der Waals surface area (Å²) in [6.45, 7) is 3.37. The van der Waals surface area contributed by atoms with Gasteiger partial charge >= 0.3 is 0 Å². The minimum absolute atomic E-state index is 0.0844. The van der Waals surface area contributed by atoms with Gasteiger partial charge in [-0.25, -0.2) is 0 Å². The van der Waals surface area contributed by atoms with Crippen LogP contribution in [0.2, 0.25) is 0 Å². The molecule has 0 unspecified atom stereocenters. The largest absolute Gasteiger partial charge is 0.340 e. The van der Waals surface area contributed by atoms with Crippen LogP contribution in [-0.2, 0) is 15.0 Å². The molecule has 0 bridgehead atoms. The van der Waals surface area contributed by atoms with E-state index < -0.39 is 5.41 Å². The highest BCUT2D eigenvalue weighted by atomic mass is 16.2. The van der Waals surface area contributed by atoms with Crippen molar-refractivity contribution in [2.75, 3.05) is 45.2 Å². The van der Waals surface area contributed by atoms with E-state index in [2.05, 4.69) is 11.9 Å². The molecule has 1 saturated carbocycles. The maximum absolute atomic E-state index is 12.8. The molecule has 2 heterocycles. The molecule has 1 aromatic rings. The van der Waals surface area contributed by atoms with Crippen molar-refractivity contribution in [2.45, 2.75) is 11.8 Å². The van der Waals surface area contributed by atoms with Gasteiger partial charge in [-0.1, -0.05) is 18.2 Å². The van der Waals surface area contributed by atoms with Gasteiger partial charge in [0, 0.05) is 38.9 Å². The summed E-state index contributed by atoms with van der Waals surface area (Å²) >= 11 is 0. The maximum atomic E-state index is 12.8. The Morgan fingerprint density at radius 2 is 1.82 bits per heavy atom. The van der Waals surface area contributed by atoms with E-state index in [1.165, 1.54) is 0 Å². The Labute approximate surface area is 130 Å². The first-order valence-electron chi connectivity index (χ1n) is 7.90. The van der Waals surface area contributed by atoms with Crippen molar-refractivity contribution in [1.82, 2.24) is 9.80 Å². The van der Waals surface area contributed by atoms with Crippen molar-refractivity contribution in [3.63, 3.8) is 0 Å². The third-order valence-electron chi connectivity index (χ3n) is 5.51. The smallest absolute Gasteiger partial charge is 0.238 e. The number of para-hydroxylation sites is 1. The quantitative estimate of drug-likeness (QED) is 0.766. The normalized spacial score (nSPS) is 30.8. The Balaban J connectivity index is 1.60. The highest BCUT2D eigenvalue weighted by molar-refractivity contribution is 6.13. The van der Waals surface area contributed by atoms with Crippen LogP contribution in [0, 0.1) is 5.92 Å². The van der Waals surface area contributed by atoms with Crippen LogP contribution >= 0.6 is 0 Å². The lowest BCUT2D eigenvalue weighted by atomic mass is 9.94. The Morgan fingerprint density at radius 3 is 2.55 bits per heavy atom. The molecule has 5 nitrogen and oxygen atoms in total. The summed E-state index contributed by atoms with van der Waals surface area (Å²) < 4.78 is 0. The van der Waals surface area contributed by atoms with Crippen molar-refractivity contribution >= 4 is 17.5 Å². The van der Waals surface area contributed by atoms with Crippen LogP contribution in [0.1, 0.15) is 12.0 Å². The Bertz CT molecular complexity index is 651. The summed E-state index contributed by atoms with van der Waals surface area (Å²) in [6.07, 6.45) is 0.665. The zero-order chi connectivity index (χ0) is 15.5. The number of carbonyl (C=O) groups excluding carboxylic acids is 2. The van der Waals surface area contributed by atoms with Gasteiger partial charge in [-0.05, 0) is 25.1 Å². The van der Waals surface area contributed by atoms with E-state index in [1.807, 2.05) is 36.2 Å². The van der Waals surface area contributed by atoms with E-state index in [-0.39, 0.29) is 17.7 Å². The van der Waals surface area contributed by atoms with Gasteiger partial charge in [0.05, 0.1) is 11.3 Å². The summed E-state index contributed by atoms with van der Waals surface area (Å²) in [4.78, 5) is 31.5. The zero-order valence-corrected chi connectivity index (χ0v) is 13.1. The Morgan fingerprint density at radius 1 is 1.14 bits per heavy atom. The number of rotatable bonds is 1. The molecule has 1 aromatic carbocycles. The lowest BCUT2D eigenvalue weighted by Crippen LogP contribution is -2.48. The average molecular weight is 299 g/mol. The standard InChI is InChI=1S/C17H21N3O2/c1-18-7-9-20(10-8-18)15(21)13-11-17(13)12-5-3-4-6-14(12)19(2)16(17)22/h3-6,13H,7-11H2,1-2H3/t13-,17-/m1/s1. The fourth-order valence-corrected chi connectivity index (χ4v) is 4.01. The first kappa shape index (κ1) is 13.8. The molecule has 5 heteroatoms. The van der Waals surface area contributed by atoms with Gasteiger partial charge in [-0.2, -0.15) is 0 Å². The number of hydrogen-bond acceptors (Lipinski definition) is 3. The molecule has 2 fully saturated rings. The van der Waals surface area contributed by atoms with Crippen LogP contribution in [0.15, 0.2) is 24.3 Å². The van der Waals surface area contributed by atoms with Crippen molar-refractivity contribution in [1.29, 1.82) is 0 Å². The van der Waals surface area contributed by atoms with Gasteiger partial charge in [0.1, 0.15) is 0 Å². The van der Waals surface area contributed by atoms with Gasteiger partial charge in [-0.15, -0.1) is 0 Å². The lowest BCUT2D eigenvalue weighted by Gasteiger charge is -2.33. The molecular weight excluding hydrogens is 278 g/mol. The first-order chi connectivity index (χ1) is 10.6. The van der Waals surface area contributed by atoms with Gasteiger partial charge in [-0.3, -0.25) is 9.59 Å². The van der Waals surface area contributed by atoms with E-state index in [0.29, 0.717) is 6.42 Å². The van der Waals surface area contributed by atoms with Crippen molar-refractivity contribution in [3.8, 4) is 0 Å². The van der Waals surface area contributed by atoms with Gasteiger partial charge in [0.25, 0.3) is 0 Å². The second kappa shape index (κ2) is 4.56. The van der Waals surface area contributed by atoms with E-state index in [0.717, 1.165) is 37.4 Å². The van der Waals surface area contributed by atoms with Crippen molar-refractivity contribution < 1.29 is 9.59 Å². The lowest BCUT2D eigenvalue weighted by molar-refractivity contribution is -0.136. The van der Waals surface area contributed by atoms with E-state index in [1.54, 1.807) is 4.90 Å². The highest BCUT2D eigenvalue weighted by Crippen LogP contribution is 2.61. The molecule has 0 N–H and O–H groups in total. The molecule has 2 amide bonds. The number of fused-ring (bicyclic) bond motifs is 2. The molecule has 4 rings (SSSR count). The number of piperazine rings is 1. The fourth-order valence-electron chi connectivity index (χ4n) is 4.01. The fraction of sp³-hybridized carbons (Fsp3) is 0.529.